The number of halogens is 1. The predicted octanol–water partition coefficient (Wildman–Crippen LogP) is 3.97. The summed E-state index contributed by atoms with van der Waals surface area (Å²) >= 11 is 0. The van der Waals surface area contributed by atoms with E-state index in [4.69, 9.17) is 5.10 Å². The van der Waals surface area contributed by atoms with E-state index >= 15 is 0 Å². The maximum atomic E-state index is 14.4. The highest BCUT2D eigenvalue weighted by Gasteiger charge is 2.29. The zero-order chi connectivity index (χ0) is 23.6. The predicted molar refractivity (Wildman–Crippen MR) is 128 cm³/mol. The summed E-state index contributed by atoms with van der Waals surface area (Å²) in [6.07, 6.45) is 4.59. The molecule has 1 aliphatic rings. The number of benzene rings is 2. The van der Waals surface area contributed by atoms with E-state index in [1.54, 1.807) is 18.5 Å². The Morgan fingerprint density at radius 3 is 2.68 bits per heavy atom. The van der Waals surface area contributed by atoms with Crippen molar-refractivity contribution in [2.75, 3.05) is 6.54 Å². The fraction of sp³-hybridized carbons (Fsp3) is 0.280. The lowest BCUT2D eigenvalue weighted by Crippen LogP contribution is -2.27. The van der Waals surface area contributed by atoms with Crippen LogP contribution in [0.15, 0.2) is 42.7 Å². The van der Waals surface area contributed by atoms with Crippen LogP contribution in [-0.4, -0.2) is 41.1 Å². The van der Waals surface area contributed by atoms with Crippen molar-refractivity contribution < 1.29 is 4.39 Å². The summed E-state index contributed by atoms with van der Waals surface area (Å²) in [6.45, 7) is 6.56. The molecule has 0 saturated carbocycles. The van der Waals surface area contributed by atoms with Crippen LogP contribution >= 0.6 is 0 Å². The van der Waals surface area contributed by atoms with Crippen LogP contribution in [0.2, 0.25) is 0 Å². The topological polar surface area (TPSA) is 78.4 Å². The molecule has 1 N–H and O–H groups in total. The molecule has 4 heterocycles. The van der Waals surface area contributed by atoms with Gasteiger partial charge in [0.05, 0.1) is 35.0 Å². The van der Waals surface area contributed by atoms with Crippen LogP contribution < -0.4 is 5.32 Å². The molecule has 3 aromatic heterocycles. The molecule has 0 unspecified atom stereocenters. The van der Waals surface area contributed by atoms with E-state index in [1.165, 1.54) is 0 Å². The number of aryl methyl sites for hydroxylation is 3. The van der Waals surface area contributed by atoms with Gasteiger partial charge in [0, 0.05) is 37.0 Å². The highest BCUT2D eigenvalue weighted by molar-refractivity contribution is 5.80. The lowest BCUT2D eigenvalue weighted by molar-refractivity contribution is 0.538. The highest BCUT2D eigenvalue weighted by atomic mass is 19.1. The molecule has 0 fully saturated rings. The van der Waals surface area contributed by atoms with Gasteiger partial charge in [-0.1, -0.05) is 5.21 Å². The number of fused-ring (bicyclic) bond motifs is 2. The van der Waals surface area contributed by atoms with Crippen molar-refractivity contribution in [3.05, 3.63) is 70.9 Å². The molecule has 6 rings (SSSR count). The first kappa shape index (κ1) is 20.7. The first-order chi connectivity index (χ1) is 16.4. The van der Waals surface area contributed by atoms with Gasteiger partial charge in [0.1, 0.15) is 17.2 Å². The molecule has 5 aromatic rings. The quantitative estimate of drug-likeness (QED) is 0.445. The van der Waals surface area contributed by atoms with Gasteiger partial charge in [0.15, 0.2) is 0 Å². The summed E-state index contributed by atoms with van der Waals surface area (Å²) in [5.74, 6) is -0.186. The number of hydrogen-bond acceptors (Lipinski definition) is 5. The SMILES string of the molecule is Cc1cc(-n2nc3c(c2-c2cn(-c4ccc5c(cnn5C)c4)nn2)[C@H](C)NCC3)cc(C)c1F. The average Bonchev–Trinajstić information content (AvgIpc) is 3.54. The van der Waals surface area contributed by atoms with Crippen LogP contribution in [0.1, 0.15) is 35.3 Å². The number of hydrogen-bond donors (Lipinski definition) is 1. The second kappa shape index (κ2) is 7.59. The maximum absolute atomic E-state index is 14.4. The molecular formula is C25H25FN8. The number of nitrogens with one attached hydrogen (secondary N) is 1. The third-order valence-corrected chi connectivity index (χ3v) is 6.64. The second-order valence-electron chi connectivity index (χ2n) is 9.00. The van der Waals surface area contributed by atoms with Crippen molar-refractivity contribution in [3.63, 3.8) is 0 Å². The van der Waals surface area contributed by atoms with Crippen LogP contribution in [0.5, 0.6) is 0 Å². The van der Waals surface area contributed by atoms with Gasteiger partial charge in [-0.2, -0.15) is 10.2 Å². The molecule has 0 saturated heterocycles. The van der Waals surface area contributed by atoms with Crippen molar-refractivity contribution in [1.29, 1.82) is 0 Å². The first-order valence-corrected chi connectivity index (χ1v) is 11.4. The minimum absolute atomic E-state index is 0.118. The van der Waals surface area contributed by atoms with E-state index in [1.807, 2.05) is 59.1 Å². The monoisotopic (exact) mass is 456 g/mol. The Morgan fingerprint density at radius 1 is 1.09 bits per heavy atom. The van der Waals surface area contributed by atoms with E-state index in [0.29, 0.717) is 11.1 Å². The smallest absolute Gasteiger partial charge is 0.132 e. The Labute approximate surface area is 196 Å². The van der Waals surface area contributed by atoms with Crippen LogP contribution in [-0.2, 0) is 13.5 Å². The van der Waals surface area contributed by atoms with Crippen LogP contribution in [0.3, 0.4) is 0 Å². The molecule has 8 nitrogen and oxygen atoms in total. The van der Waals surface area contributed by atoms with Gasteiger partial charge in [-0.3, -0.25) is 4.68 Å². The lowest BCUT2D eigenvalue weighted by atomic mass is 9.98. The van der Waals surface area contributed by atoms with E-state index in [2.05, 4.69) is 27.7 Å². The van der Waals surface area contributed by atoms with E-state index < -0.39 is 0 Å². The Hall–Kier alpha value is -3.85. The van der Waals surface area contributed by atoms with Crippen molar-refractivity contribution >= 4 is 10.9 Å². The molecule has 0 radical (unpaired) electrons. The van der Waals surface area contributed by atoms with Gasteiger partial charge in [-0.05, 0) is 62.2 Å². The Bertz CT molecular complexity index is 1530. The number of aromatic nitrogens is 7. The zero-order valence-electron chi connectivity index (χ0n) is 19.5. The van der Waals surface area contributed by atoms with Crippen molar-refractivity contribution in [2.24, 2.45) is 7.05 Å². The molecule has 0 spiro atoms. The first-order valence-electron chi connectivity index (χ1n) is 11.4. The normalized spacial score (nSPS) is 15.7. The second-order valence-corrected chi connectivity index (χ2v) is 9.00. The average molecular weight is 457 g/mol. The van der Waals surface area contributed by atoms with E-state index in [9.17, 15) is 4.39 Å². The van der Waals surface area contributed by atoms with E-state index in [0.717, 1.165) is 57.9 Å². The third kappa shape index (κ3) is 3.15. The molecule has 0 bridgehead atoms. The molecular weight excluding hydrogens is 431 g/mol. The molecule has 172 valence electrons. The molecule has 34 heavy (non-hydrogen) atoms. The van der Waals surface area contributed by atoms with Crippen molar-refractivity contribution in [3.8, 4) is 22.8 Å². The van der Waals surface area contributed by atoms with E-state index in [-0.39, 0.29) is 11.9 Å². The maximum Gasteiger partial charge on any atom is 0.132 e. The summed E-state index contributed by atoms with van der Waals surface area (Å²) in [5.41, 5.74) is 7.70. The number of rotatable bonds is 3. The highest BCUT2D eigenvalue weighted by Crippen LogP contribution is 2.35. The molecule has 0 aliphatic carbocycles. The minimum Gasteiger partial charge on any atom is -0.310 e. The van der Waals surface area contributed by atoms with Gasteiger partial charge >= 0.3 is 0 Å². The summed E-state index contributed by atoms with van der Waals surface area (Å²) < 4.78 is 19.9. The van der Waals surface area contributed by atoms with Crippen LogP contribution in [0, 0.1) is 19.7 Å². The largest absolute Gasteiger partial charge is 0.310 e. The molecule has 1 atom stereocenters. The van der Waals surface area contributed by atoms with Gasteiger partial charge in [-0.25, -0.2) is 13.8 Å². The summed E-state index contributed by atoms with van der Waals surface area (Å²) in [4.78, 5) is 0. The van der Waals surface area contributed by atoms with Gasteiger partial charge in [0.2, 0.25) is 0 Å². The Kier molecular flexibility index (Phi) is 4.63. The zero-order valence-corrected chi connectivity index (χ0v) is 19.5. The lowest BCUT2D eigenvalue weighted by Gasteiger charge is -2.20. The van der Waals surface area contributed by atoms with Crippen molar-refractivity contribution in [2.45, 2.75) is 33.2 Å². The minimum atomic E-state index is -0.186. The van der Waals surface area contributed by atoms with Gasteiger partial charge < -0.3 is 5.32 Å². The van der Waals surface area contributed by atoms with Gasteiger partial charge in [0.25, 0.3) is 0 Å². The number of nitrogens with zero attached hydrogens (tertiary/aromatic N) is 7. The molecule has 2 aromatic carbocycles. The van der Waals surface area contributed by atoms with Crippen molar-refractivity contribution in [1.82, 2.24) is 39.9 Å². The van der Waals surface area contributed by atoms with Crippen LogP contribution in [0.25, 0.3) is 33.7 Å². The van der Waals surface area contributed by atoms with Crippen LogP contribution in [0.4, 0.5) is 4.39 Å². The third-order valence-electron chi connectivity index (χ3n) is 6.64. The standard InChI is InChI=1S/C25H25FN8/c1-14-9-19(10-15(2)24(14)26)34-25(23-16(3)27-8-7-20(23)30-34)21-13-33(31-29-21)18-5-6-22-17(11-18)12-28-32(22)4/h5-6,9-13,16,27H,7-8H2,1-4H3/t16-/m0/s1. The summed E-state index contributed by atoms with van der Waals surface area (Å²) in [7, 11) is 1.92. The fourth-order valence-corrected chi connectivity index (χ4v) is 4.89. The molecule has 1 aliphatic heterocycles. The Balaban J connectivity index is 1.52. The molecule has 9 heteroatoms. The molecule has 0 amide bonds. The summed E-state index contributed by atoms with van der Waals surface area (Å²) in [5, 5.41) is 22.8. The Morgan fingerprint density at radius 2 is 1.88 bits per heavy atom. The van der Waals surface area contributed by atoms with Gasteiger partial charge in [-0.15, -0.1) is 5.10 Å². The fourth-order valence-electron chi connectivity index (χ4n) is 4.89. The summed E-state index contributed by atoms with van der Waals surface area (Å²) in [6, 6.07) is 9.87.